The molecular weight excluding hydrogens is 364 g/mol. The Morgan fingerprint density at radius 1 is 1.18 bits per heavy atom. The van der Waals surface area contributed by atoms with Crippen LogP contribution in [0, 0.1) is 13.8 Å². The van der Waals surface area contributed by atoms with Crippen molar-refractivity contribution in [1.82, 2.24) is 9.47 Å². The van der Waals surface area contributed by atoms with Crippen LogP contribution in [0.1, 0.15) is 52.4 Å². The molecule has 158 valence electrons. The van der Waals surface area contributed by atoms with Gasteiger partial charge in [0.05, 0.1) is 13.2 Å². The van der Waals surface area contributed by atoms with Crippen LogP contribution in [0.2, 0.25) is 0 Å². The summed E-state index contributed by atoms with van der Waals surface area (Å²) in [5, 5.41) is 0. The number of Topliss-reactive ketones (excluding diaryl/α,β-unsaturated/α-hetero) is 1. The summed E-state index contributed by atoms with van der Waals surface area (Å²) in [4.78, 5) is 39.4. The van der Waals surface area contributed by atoms with Crippen LogP contribution in [-0.2, 0) is 26.1 Å². The summed E-state index contributed by atoms with van der Waals surface area (Å²) in [6, 6.07) is -0.699. The smallest absolute Gasteiger partial charge is 0.354 e. The molecule has 0 bridgehead atoms. The number of esters is 1. The maximum Gasteiger partial charge on any atom is 0.354 e. The number of carbonyl (C=O) groups excluding carboxylic acids is 3. The van der Waals surface area contributed by atoms with E-state index in [1.54, 1.807) is 32.4 Å². The number of aromatic nitrogens is 1. The lowest BCUT2D eigenvalue weighted by molar-refractivity contribution is -0.136. The Balaban J connectivity index is 3.19. The number of rotatable bonds is 11. The minimum absolute atomic E-state index is 0.105. The van der Waals surface area contributed by atoms with E-state index in [2.05, 4.69) is 0 Å². The second-order valence-corrected chi connectivity index (χ2v) is 6.60. The summed E-state index contributed by atoms with van der Waals surface area (Å²) in [7, 11) is 4.46. The molecule has 0 fully saturated rings. The first-order chi connectivity index (χ1) is 13.2. The first-order valence-corrected chi connectivity index (χ1v) is 9.37. The molecule has 0 saturated carbocycles. The van der Waals surface area contributed by atoms with Crippen molar-refractivity contribution in [2.24, 2.45) is 7.05 Å². The highest BCUT2D eigenvalue weighted by Gasteiger charge is 2.32. The van der Waals surface area contributed by atoms with Gasteiger partial charge in [0.25, 0.3) is 0 Å². The summed E-state index contributed by atoms with van der Waals surface area (Å²) in [5.41, 5.74) is 1.98. The van der Waals surface area contributed by atoms with Crippen LogP contribution in [-0.4, -0.2) is 73.8 Å². The van der Waals surface area contributed by atoms with Gasteiger partial charge in [-0.3, -0.25) is 9.59 Å². The minimum atomic E-state index is -0.699. The van der Waals surface area contributed by atoms with Crippen LogP contribution in [0.15, 0.2) is 0 Å². The summed E-state index contributed by atoms with van der Waals surface area (Å²) in [6.45, 7) is 8.46. The molecule has 8 nitrogen and oxygen atoms in total. The number of carbonyl (C=O) groups is 3. The first-order valence-electron chi connectivity index (χ1n) is 9.37. The molecule has 1 heterocycles. The lowest BCUT2D eigenvalue weighted by Crippen LogP contribution is -2.45. The van der Waals surface area contributed by atoms with Crippen molar-refractivity contribution in [2.75, 3.05) is 40.6 Å². The third-order valence-corrected chi connectivity index (χ3v) is 4.88. The van der Waals surface area contributed by atoms with Crippen molar-refractivity contribution in [3.8, 4) is 0 Å². The third kappa shape index (κ3) is 5.20. The van der Waals surface area contributed by atoms with Crippen molar-refractivity contribution in [1.29, 1.82) is 0 Å². The van der Waals surface area contributed by atoms with Gasteiger partial charge in [0.15, 0.2) is 5.78 Å². The summed E-state index contributed by atoms with van der Waals surface area (Å²) < 4.78 is 16.8. The molecule has 1 amide bonds. The van der Waals surface area contributed by atoms with E-state index in [9.17, 15) is 14.4 Å². The Labute approximate surface area is 166 Å². The van der Waals surface area contributed by atoms with E-state index in [0.29, 0.717) is 48.7 Å². The fourth-order valence-corrected chi connectivity index (χ4v) is 3.30. The van der Waals surface area contributed by atoms with Crippen LogP contribution in [0.3, 0.4) is 0 Å². The molecule has 28 heavy (non-hydrogen) atoms. The van der Waals surface area contributed by atoms with Crippen molar-refractivity contribution in [2.45, 2.75) is 40.2 Å². The number of hydrogen-bond donors (Lipinski definition) is 0. The van der Waals surface area contributed by atoms with Crippen molar-refractivity contribution < 1.29 is 28.6 Å². The molecule has 1 aromatic rings. The van der Waals surface area contributed by atoms with Gasteiger partial charge in [-0.2, -0.15) is 0 Å². The number of methoxy groups -OCH3 is 2. The van der Waals surface area contributed by atoms with Crippen LogP contribution in [0.5, 0.6) is 0 Å². The maximum absolute atomic E-state index is 13.3. The number of nitrogens with zero attached hydrogens (tertiary/aromatic N) is 2. The topological polar surface area (TPSA) is 87.1 Å². The maximum atomic E-state index is 13.3. The molecule has 0 aromatic carbocycles. The zero-order valence-electron chi connectivity index (χ0n) is 18.0. The van der Waals surface area contributed by atoms with Gasteiger partial charge in [-0.05, 0) is 39.7 Å². The van der Waals surface area contributed by atoms with Gasteiger partial charge >= 0.3 is 5.97 Å². The molecule has 0 spiro atoms. The van der Waals surface area contributed by atoms with Crippen LogP contribution in [0.25, 0.3) is 0 Å². The summed E-state index contributed by atoms with van der Waals surface area (Å²) >= 11 is 0. The van der Waals surface area contributed by atoms with Crippen molar-refractivity contribution in [3.05, 3.63) is 22.5 Å². The Kier molecular flexibility index (Phi) is 9.34. The highest BCUT2D eigenvalue weighted by Crippen LogP contribution is 2.24. The molecule has 0 aliphatic heterocycles. The largest absolute Gasteiger partial charge is 0.464 e. The first kappa shape index (κ1) is 23.8. The number of ether oxygens (including phenoxy) is 3. The Bertz CT molecular complexity index is 710. The normalized spacial score (nSPS) is 12.0. The molecular formula is C20H32N2O6. The van der Waals surface area contributed by atoms with Gasteiger partial charge in [-0.1, -0.05) is 0 Å². The zero-order chi connectivity index (χ0) is 21.4. The van der Waals surface area contributed by atoms with Gasteiger partial charge in [0, 0.05) is 45.2 Å². The van der Waals surface area contributed by atoms with Gasteiger partial charge in [-0.15, -0.1) is 0 Å². The van der Waals surface area contributed by atoms with E-state index in [1.165, 1.54) is 19.1 Å². The molecule has 0 N–H and O–H groups in total. The highest BCUT2D eigenvalue weighted by molar-refractivity contribution is 6.06. The highest BCUT2D eigenvalue weighted by atomic mass is 16.5. The van der Waals surface area contributed by atoms with Crippen LogP contribution < -0.4 is 0 Å². The molecule has 1 unspecified atom stereocenters. The third-order valence-electron chi connectivity index (χ3n) is 4.88. The van der Waals surface area contributed by atoms with Gasteiger partial charge in [0.2, 0.25) is 5.91 Å². The van der Waals surface area contributed by atoms with Crippen molar-refractivity contribution in [3.63, 3.8) is 0 Å². The molecule has 1 atom stereocenters. The molecule has 0 radical (unpaired) electrons. The molecule has 0 saturated heterocycles. The van der Waals surface area contributed by atoms with Crippen LogP contribution in [0.4, 0.5) is 0 Å². The average Bonchev–Trinajstić information content (AvgIpc) is 2.89. The molecule has 0 aliphatic rings. The molecule has 0 aliphatic carbocycles. The van der Waals surface area contributed by atoms with E-state index in [0.717, 1.165) is 0 Å². The molecule has 1 rings (SSSR count). The number of hydrogen-bond acceptors (Lipinski definition) is 6. The van der Waals surface area contributed by atoms with Gasteiger partial charge in [0.1, 0.15) is 12.3 Å². The number of amides is 1. The minimum Gasteiger partial charge on any atom is -0.464 e. The van der Waals surface area contributed by atoms with E-state index < -0.39 is 12.0 Å². The summed E-state index contributed by atoms with van der Waals surface area (Å²) in [6.07, 6.45) is 0.612. The van der Waals surface area contributed by atoms with Gasteiger partial charge in [-0.25, -0.2) is 4.79 Å². The zero-order valence-corrected chi connectivity index (χ0v) is 18.0. The molecule has 1 aromatic heterocycles. The lowest BCUT2D eigenvalue weighted by atomic mass is 9.99. The van der Waals surface area contributed by atoms with E-state index >= 15 is 0 Å². The monoisotopic (exact) mass is 396 g/mol. The standard InChI is InChI=1S/C20H32N2O6/c1-8-28-11-9-10-22(16(23)12-26-6)15(4)19(24)17-13(2)18(20(25)27-7)21(5)14(17)3/h15H,8-12H2,1-7H3. The Hall–Kier alpha value is -2.19. The number of ketones is 1. The quantitative estimate of drug-likeness (QED) is 0.323. The predicted octanol–water partition coefficient (Wildman–Crippen LogP) is 1.90. The molecule has 8 heteroatoms. The fourth-order valence-electron chi connectivity index (χ4n) is 3.30. The van der Waals surface area contributed by atoms with Crippen molar-refractivity contribution >= 4 is 17.7 Å². The Morgan fingerprint density at radius 3 is 2.36 bits per heavy atom. The van der Waals surface area contributed by atoms with Crippen LogP contribution >= 0.6 is 0 Å². The summed E-state index contributed by atoms with van der Waals surface area (Å²) in [5.74, 6) is -0.986. The fraction of sp³-hybridized carbons (Fsp3) is 0.650. The lowest BCUT2D eigenvalue weighted by Gasteiger charge is -2.28. The van der Waals surface area contributed by atoms with E-state index in [-0.39, 0.29) is 18.3 Å². The predicted molar refractivity (Wildman–Crippen MR) is 105 cm³/mol. The van der Waals surface area contributed by atoms with Gasteiger partial charge < -0.3 is 23.7 Å². The second-order valence-electron chi connectivity index (χ2n) is 6.60. The SMILES string of the molecule is CCOCCCN(C(=O)COC)C(C)C(=O)c1c(C)c(C(=O)OC)n(C)c1C. The second kappa shape index (κ2) is 11.0. The van der Waals surface area contributed by atoms with E-state index in [4.69, 9.17) is 14.2 Å². The van der Waals surface area contributed by atoms with E-state index in [1.807, 2.05) is 6.92 Å². The average molecular weight is 396 g/mol. The Morgan fingerprint density at radius 2 is 1.82 bits per heavy atom.